The Labute approximate surface area is 175 Å². The minimum atomic E-state index is 0.00964. The van der Waals surface area contributed by atoms with Crippen LogP contribution in [0.4, 0.5) is 5.69 Å². The lowest BCUT2D eigenvalue weighted by atomic mass is 9.97. The number of hydrogen-bond donors (Lipinski definition) is 3. The summed E-state index contributed by atoms with van der Waals surface area (Å²) >= 11 is 0. The molecule has 3 N–H and O–H groups in total. The van der Waals surface area contributed by atoms with Gasteiger partial charge in [0, 0.05) is 36.2 Å². The molecule has 4 aromatic rings. The molecule has 1 aliphatic heterocycles. The molecular weight excluding hydrogens is 374 g/mol. The van der Waals surface area contributed by atoms with Crippen LogP contribution in [0.25, 0.3) is 22.2 Å². The number of H-pyrrole nitrogens is 2. The highest BCUT2D eigenvalue weighted by molar-refractivity contribution is 5.93. The van der Waals surface area contributed by atoms with E-state index in [0.717, 1.165) is 54.9 Å². The number of nitrogens with zero attached hydrogens (tertiary/aromatic N) is 2. The summed E-state index contributed by atoms with van der Waals surface area (Å²) in [4.78, 5) is 18.7. The van der Waals surface area contributed by atoms with Gasteiger partial charge in [-0.2, -0.15) is 5.10 Å². The van der Waals surface area contributed by atoms with Crippen LogP contribution in [0.3, 0.4) is 0 Å². The maximum Gasteiger partial charge on any atom is 0.228 e. The fourth-order valence-electron chi connectivity index (χ4n) is 4.27. The highest BCUT2D eigenvalue weighted by atomic mass is 16.1. The van der Waals surface area contributed by atoms with Crippen molar-refractivity contribution in [2.24, 2.45) is 5.92 Å². The van der Waals surface area contributed by atoms with Crippen LogP contribution in [0.15, 0.2) is 66.9 Å². The van der Waals surface area contributed by atoms with Gasteiger partial charge in [-0.15, -0.1) is 0 Å². The molecule has 3 heterocycles. The van der Waals surface area contributed by atoms with Crippen LogP contribution in [-0.4, -0.2) is 39.1 Å². The van der Waals surface area contributed by atoms with E-state index in [4.69, 9.17) is 0 Å². The Morgan fingerprint density at radius 2 is 2.00 bits per heavy atom. The van der Waals surface area contributed by atoms with Gasteiger partial charge in [-0.1, -0.05) is 30.3 Å². The molecule has 1 amide bonds. The van der Waals surface area contributed by atoms with E-state index in [1.165, 1.54) is 11.1 Å². The number of carbonyl (C=O) groups excluding carboxylic acids is 1. The Balaban J connectivity index is 1.20. The van der Waals surface area contributed by atoms with Crippen LogP contribution in [0.2, 0.25) is 0 Å². The third kappa shape index (κ3) is 4.00. The quantitative estimate of drug-likeness (QED) is 0.465. The summed E-state index contributed by atoms with van der Waals surface area (Å²) in [5.41, 5.74) is 5.21. The SMILES string of the molecule is O=C(Nc1ccc(-c2ccn[nH]2)cc1)[C@H]1CCCN(Cc2cc3ccccc3[nH]2)C1. The van der Waals surface area contributed by atoms with Crippen LogP contribution in [0.1, 0.15) is 18.5 Å². The molecule has 2 aromatic carbocycles. The number of hydrogen-bond acceptors (Lipinski definition) is 3. The topological polar surface area (TPSA) is 76.8 Å². The van der Waals surface area contributed by atoms with Gasteiger partial charge in [0.15, 0.2) is 0 Å². The zero-order chi connectivity index (χ0) is 20.3. The highest BCUT2D eigenvalue weighted by Crippen LogP contribution is 2.23. The molecule has 0 bridgehead atoms. The van der Waals surface area contributed by atoms with Crippen molar-refractivity contribution < 1.29 is 4.79 Å². The second-order valence-electron chi connectivity index (χ2n) is 7.99. The summed E-state index contributed by atoms with van der Waals surface area (Å²) in [5.74, 6) is 0.112. The molecule has 0 spiro atoms. The van der Waals surface area contributed by atoms with Gasteiger partial charge in [0.1, 0.15) is 0 Å². The van der Waals surface area contributed by atoms with Crippen LogP contribution in [-0.2, 0) is 11.3 Å². The number of benzene rings is 2. The summed E-state index contributed by atoms with van der Waals surface area (Å²) in [7, 11) is 0. The van der Waals surface area contributed by atoms with E-state index in [1.54, 1.807) is 6.20 Å². The second kappa shape index (κ2) is 8.16. The first-order valence-corrected chi connectivity index (χ1v) is 10.4. The van der Waals surface area contributed by atoms with Crippen LogP contribution in [0, 0.1) is 5.92 Å². The average molecular weight is 399 g/mol. The lowest BCUT2D eigenvalue weighted by Gasteiger charge is -2.31. The van der Waals surface area contributed by atoms with Crippen molar-refractivity contribution in [3.05, 3.63) is 72.6 Å². The smallest absolute Gasteiger partial charge is 0.228 e. The Hall–Kier alpha value is -3.38. The third-order valence-corrected chi connectivity index (χ3v) is 5.82. The Kier molecular flexibility index (Phi) is 5.07. The van der Waals surface area contributed by atoms with Crippen molar-refractivity contribution in [1.29, 1.82) is 0 Å². The number of para-hydroxylation sites is 1. The predicted molar refractivity (Wildman–Crippen MR) is 119 cm³/mol. The molecule has 6 heteroatoms. The Morgan fingerprint density at radius 3 is 2.80 bits per heavy atom. The number of carbonyl (C=O) groups is 1. The maximum absolute atomic E-state index is 12.9. The molecule has 0 radical (unpaired) electrons. The predicted octanol–water partition coefficient (Wildman–Crippen LogP) is 4.41. The molecule has 152 valence electrons. The summed E-state index contributed by atoms with van der Waals surface area (Å²) in [5, 5.41) is 11.3. The molecule has 1 saturated heterocycles. The van der Waals surface area contributed by atoms with Crippen molar-refractivity contribution in [2.75, 3.05) is 18.4 Å². The number of aromatic nitrogens is 3. The first-order chi connectivity index (χ1) is 14.7. The van der Waals surface area contributed by atoms with Crippen LogP contribution < -0.4 is 5.32 Å². The van der Waals surface area contributed by atoms with Gasteiger partial charge in [0.25, 0.3) is 0 Å². The minimum absolute atomic E-state index is 0.00964. The fourth-order valence-corrected chi connectivity index (χ4v) is 4.27. The van der Waals surface area contributed by atoms with E-state index < -0.39 is 0 Å². The van der Waals surface area contributed by atoms with Gasteiger partial charge in [-0.25, -0.2) is 0 Å². The van der Waals surface area contributed by atoms with E-state index in [2.05, 4.69) is 49.7 Å². The Bertz CT molecular complexity index is 1100. The zero-order valence-electron chi connectivity index (χ0n) is 16.8. The monoisotopic (exact) mass is 399 g/mol. The molecule has 2 aromatic heterocycles. The minimum Gasteiger partial charge on any atom is -0.357 e. The van der Waals surface area contributed by atoms with Crippen molar-refractivity contribution in [3.8, 4) is 11.3 Å². The van der Waals surface area contributed by atoms with E-state index in [0.29, 0.717) is 0 Å². The van der Waals surface area contributed by atoms with Gasteiger partial charge in [0.2, 0.25) is 5.91 Å². The number of aromatic amines is 2. The molecule has 5 rings (SSSR count). The van der Waals surface area contributed by atoms with Crippen molar-refractivity contribution in [3.63, 3.8) is 0 Å². The fraction of sp³-hybridized carbons (Fsp3) is 0.250. The summed E-state index contributed by atoms with van der Waals surface area (Å²) in [6.07, 6.45) is 3.70. The van der Waals surface area contributed by atoms with Gasteiger partial charge in [0.05, 0.1) is 11.6 Å². The summed E-state index contributed by atoms with van der Waals surface area (Å²) in [6.45, 7) is 2.66. The van der Waals surface area contributed by atoms with Crippen LogP contribution >= 0.6 is 0 Å². The average Bonchev–Trinajstić information content (AvgIpc) is 3.44. The number of rotatable bonds is 5. The maximum atomic E-state index is 12.9. The number of anilines is 1. The molecule has 0 saturated carbocycles. The molecule has 1 atom stereocenters. The second-order valence-corrected chi connectivity index (χ2v) is 7.99. The molecule has 6 nitrogen and oxygen atoms in total. The van der Waals surface area contributed by atoms with E-state index in [9.17, 15) is 4.79 Å². The molecule has 0 unspecified atom stereocenters. The summed E-state index contributed by atoms with van der Waals surface area (Å²) in [6, 6.07) is 20.3. The van der Waals surface area contributed by atoms with E-state index >= 15 is 0 Å². The summed E-state index contributed by atoms with van der Waals surface area (Å²) < 4.78 is 0. The number of piperidine rings is 1. The van der Waals surface area contributed by atoms with Gasteiger partial charge >= 0.3 is 0 Å². The van der Waals surface area contributed by atoms with Gasteiger partial charge in [-0.05, 0) is 60.7 Å². The van der Waals surface area contributed by atoms with Gasteiger partial charge < -0.3 is 10.3 Å². The van der Waals surface area contributed by atoms with Crippen molar-refractivity contribution in [1.82, 2.24) is 20.1 Å². The van der Waals surface area contributed by atoms with Crippen molar-refractivity contribution >= 4 is 22.5 Å². The third-order valence-electron chi connectivity index (χ3n) is 5.82. The molecule has 1 fully saturated rings. The number of fused-ring (bicyclic) bond motifs is 1. The first kappa shape index (κ1) is 18.6. The number of likely N-dealkylation sites (tertiary alicyclic amines) is 1. The standard InChI is InChI=1S/C24H25N5O/c30-24(27-20-9-7-17(8-10-20)23-11-12-25-28-23)19-5-3-13-29(15-19)16-21-14-18-4-1-2-6-22(18)26-21/h1-2,4,6-12,14,19,26H,3,5,13,15-16H2,(H,25,28)(H,27,30)/t19-/m0/s1. The lowest BCUT2D eigenvalue weighted by Crippen LogP contribution is -2.40. The Morgan fingerprint density at radius 1 is 1.13 bits per heavy atom. The highest BCUT2D eigenvalue weighted by Gasteiger charge is 2.26. The number of nitrogens with one attached hydrogen (secondary N) is 3. The van der Waals surface area contributed by atoms with Crippen LogP contribution in [0.5, 0.6) is 0 Å². The number of amides is 1. The first-order valence-electron chi connectivity index (χ1n) is 10.4. The van der Waals surface area contributed by atoms with E-state index in [1.807, 2.05) is 36.4 Å². The van der Waals surface area contributed by atoms with Crippen molar-refractivity contribution in [2.45, 2.75) is 19.4 Å². The molecule has 1 aliphatic rings. The molecule has 0 aliphatic carbocycles. The molecule has 30 heavy (non-hydrogen) atoms. The largest absolute Gasteiger partial charge is 0.357 e. The molecular formula is C24H25N5O. The normalized spacial score (nSPS) is 17.3. The zero-order valence-corrected chi connectivity index (χ0v) is 16.8. The lowest BCUT2D eigenvalue weighted by molar-refractivity contribution is -0.121. The van der Waals surface area contributed by atoms with E-state index in [-0.39, 0.29) is 11.8 Å². The van der Waals surface area contributed by atoms with Gasteiger partial charge in [-0.3, -0.25) is 14.8 Å².